The van der Waals surface area contributed by atoms with E-state index in [0.717, 1.165) is 29.9 Å². The second kappa shape index (κ2) is 6.92. The molecule has 1 aromatic heterocycles. The van der Waals surface area contributed by atoms with Crippen molar-refractivity contribution in [2.75, 3.05) is 11.4 Å². The van der Waals surface area contributed by atoms with Gasteiger partial charge in [-0.05, 0) is 31.5 Å². The van der Waals surface area contributed by atoms with Gasteiger partial charge in [-0.25, -0.2) is 0 Å². The SMILES string of the molecule is CCCn1nccc1CN(CC(=O)O)c1ccc(C)cc1. The van der Waals surface area contributed by atoms with Crippen LogP contribution in [0.25, 0.3) is 0 Å². The molecule has 0 bridgehead atoms. The molecule has 1 heterocycles. The maximum Gasteiger partial charge on any atom is 0.323 e. The number of carbonyl (C=O) groups is 1. The van der Waals surface area contributed by atoms with Gasteiger partial charge in [0.05, 0.1) is 12.2 Å². The smallest absolute Gasteiger partial charge is 0.323 e. The van der Waals surface area contributed by atoms with Gasteiger partial charge in [0, 0.05) is 18.4 Å². The van der Waals surface area contributed by atoms with Crippen LogP contribution in [-0.4, -0.2) is 27.4 Å². The van der Waals surface area contributed by atoms with E-state index in [1.807, 2.05) is 46.8 Å². The van der Waals surface area contributed by atoms with Crippen LogP contribution in [-0.2, 0) is 17.9 Å². The average Bonchev–Trinajstić information content (AvgIpc) is 2.86. The lowest BCUT2D eigenvalue weighted by Gasteiger charge is -2.23. The summed E-state index contributed by atoms with van der Waals surface area (Å²) in [5, 5.41) is 13.4. The van der Waals surface area contributed by atoms with Crippen LogP contribution in [0.15, 0.2) is 36.5 Å². The number of rotatable bonds is 7. The quantitative estimate of drug-likeness (QED) is 0.850. The summed E-state index contributed by atoms with van der Waals surface area (Å²) < 4.78 is 1.93. The highest BCUT2D eigenvalue weighted by Crippen LogP contribution is 2.18. The third kappa shape index (κ3) is 4.08. The molecular weight excluding hydrogens is 266 g/mol. The number of aryl methyl sites for hydroxylation is 2. The van der Waals surface area contributed by atoms with Gasteiger partial charge in [-0.3, -0.25) is 9.48 Å². The molecule has 0 aliphatic heterocycles. The maximum atomic E-state index is 11.1. The molecule has 2 aromatic rings. The van der Waals surface area contributed by atoms with Gasteiger partial charge in [0.2, 0.25) is 0 Å². The van der Waals surface area contributed by atoms with E-state index in [9.17, 15) is 4.79 Å². The number of anilines is 1. The Morgan fingerprint density at radius 3 is 2.62 bits per heavy atom. The van der Waals surface area contributed by atoms with Gasteiger partial charge in [-0.15, -0.1) is 0 Å². The van der Waals surface area contributed by atoms with Crippen molar-refractivity contribution in [2.45, 2.75) is 33.4 Å². The normalized spacial score (nSPS) is 10.6. The summed E-state index contributed by atoms with van der Waals surface area (Å²) in [6.45, 7) is 5.47. The largest absolute Gasteiger partial charge is 0.480 e. The molecule has 1 N–H and O–H groups in total. The molecule has 0 radical (unpaired) electrons. The van der Waals surface area contributed by atoms with Crippen LogP contribution < -0.4 is 4.90 Å². The highest BCUT2D eigenvalue weighted by Gasteiger charge is 2.13. The minimum Gasteiger partial charge on any atom is -0.480 e. The van der Waals surface area contributed by atoms with Crippen LogP contribution in [0.3, 0.4) is 0 Å². The van der Waals surface area contributed by atoms with Crippen LogP contribution in [0.4, 0.5) is 5.69 Å². The monoisotopic (exact) mass is 287 g/mol. The first-order chi connectivity index (χ1) is 10.1. The van der Waals surface area contributed by atoms with E-state index in [1.165, 1.54) is 0 Å². The second-order valence-electron chi connectivity index (χ2n) is 5.13. The number of carboxylic acids is 1. The van der Waals surface area contributed by atoms with Gasteiger partial charge in [-0.1, -0.05) is 24.6 Å². The van der Waals surface area contributed by atoms with Gasteiger partial charge < -0.3 is 10.0 Å². The first kappa shape index (κ1) is 15.1. The molecule has 1 aromatic carbocycles. The van der Waals surface area contributed by atoms with E-state index in [2.05, 4.69) is 12.0 Å². The van der Waals surface area contributed by atoms with Crippen molar-refractivity contribution in [2.24, 2.45) is 0 Å². The molecule has 0 amide bonds. The lowest BCUT2D eigenvalue weighted by molar-refractivity contribution is -0.135. The van der Waals surface area contributed by atoms with Gasteiger partial charge in [0.1, 0.15) is 6.54 Å². The highest BCUT2D eigenvalue weighted by atomic mass is 16.4. The fraction of sp³-hybridized carbons (Fsp3) is 0.375. The summed E-state index contributed by atoms with van der Waals surface area (Å²) in [5.41, 5.74) is 3.09. The summed E-state index contributed by atoms with van der Waals surface area (Å²) in [5.74, 6) is -0.836. The number of aliphatic carboxylic acids is 1. The van der Waals surface area contributed by atoms with Gasteiger partial charge in [0.15, 0.2) is 0 Å². The average molecular weight is 287 g/mol. The topological polar surface area (TPSA) is 58.4 Å². The summed E-state index contributed by atoms with van der Waals surface area (Å²) in [7, 11) is 0. The maximum absolute atomic E-state index is 11.1. The molecule has 0 saturated carbocycles. The summed E-state index contributed by atoms with van der Waals surface area (Å²) in [6.07, 6.45) is 2.76. The molecule has 0 atom stereocenters. The molecule has 0 fully saturated rings. The van der Waals surface area contributed by atoms with E-state index >= 15 is 0 Å². The van der Waals surface area contributed by atoms with Crippen molar-refractivity contribution in [3.05, 3.63) is 47.8 Å². The minimum absolute atomic E-state index is 0.0274. The second-order valence-corrected chi connectivity index (χ2v) is 5.13. The standard InChI is InChI=1S/C16H21N3O2/c1-3-10-19-15(8-9-17-19)11-18(12-16(20)21)14-6-4-13(2)5-7-14/h4-9H,3,10-12H2,1-2H3,(H,20,21). The van der Waals surface area contributed by atoms with Crippen LogP contribution in [0.1, 0.15) is 24.6 Å². The summed E-state index contributed by atoms with van der Waals surface area (Å²) in [6, 6.07) is 9.84. The van der Waals surface area contributed by atoms with Crippen molar-refractivity contribution in [3.63, 3.8) is 0 Å². The molecular formula is C16H21N3O2. The number of carboxylic acid groups (broad SMARTS) is 1. The highest BCUT2D eigenvalue weighted by molar-refractivity contribution is 5.73. The van der Waals surface area contributed by atoms with E-state index < -0.39 is 5.97 Å². The Balaban J connectivity index is 2.21. The molecule has 0 aliphatic rings. The van der Waals surface area contributed by atoms with Crippen LogP contribution in [0, 0.1) is 6.92 Å². The predicted octanol–water partition coefficient (Wildman–Crippen LogP) is 2.69. The number of hydrogen-bond acceptors (Lipinski definition) is 3. The zero-order valence-electron chi connectivity index (χ0n) is 12.5. The third-order valence-electron chi connectivity index (χ3n) is 3.32. The Bertz CT molecular complexity index is 590. The fourth-order valence-electron chi connectivity index (χ4n) is 2.26. The number of aromatic nitrogens is 2. The zero-order valence-corrected chi connectivity index (χ0v) is 12.5. The van der Waals surface area contributed by atoms with E-state index in [-0.39, 0.29) is 6.54 Å². The predicted molar refractivity (Wildman–Crippen MR) is 82.4 cm³/mol. The van der Waals surface area contributed by atoms with Crippen LogP contribution >= 0.6 is 0 Å². The third-order valence-corrected chi connectivity index (χ3v) is 3.32. The lowest BCUT2D eigenvalue weighted by atomic mass is 10.2. The Morgan fingerprint density at radius 1 is 1.29 bits per heavy atom. The van der Waals surface area contributed by atoms with Crippen LogP contribution in [0.2, 0.25) is 0 Å². The van der Waals surface area contributed by atoms with E-state index in [1.54, 1.807) is 6.20 Å². The molecule has 0 unspecified atom stereocenters. The van der Waals surface area contributed by atoms with Gasteiger partial charge >= 0.3 is 5.97 Å². The van der Waals surface area contributed by atoms with Crippen molar-refractivity contribution in [1.29, 1.82) is 0 Å². The fourth-order valence-corrected chi connectivity index (χ4v) is 2.26. The number of nitrogens with zero attached hydrogens (tertiary/aromatic N) is 3. The summed E-state index contributed by atoms with van der Waals surface area (Å²) >= 11 is 0. The molecule has 0 spiro atoms. The molecule has 2 rings (SSSR count). The van der Waals surface area contributed by atoms with Crippen molar-refractivity contribution in [1.82, 2.24) is 9.78 Å². The first-order valence-corrected chi connectivity index (χ1v) is 7.14. The van der Waals surface area contributed by atoms with E-state index in [4.69, 9.17) is 5.11 Å². The first-order valence-electron chi connectivity index (χ1n) is 7.14. The molecule has 5 heteroatoms. The van der Waals surface area contributed by atoms with Crippen molar-refractivity contribution in [3.8, 4) is 0 Å². The summed E-state index contributed by atoms with van der Waals surface area (Å²) in [4.78, 5) is 13.0. The minimum atomic E-state index is -0.836. The van der Waals surface area contributed by atoms with Gasteiger partial charge in [0.25, 0.3) is 0 Å². The molecule has 5 nitrogen and oxygen atoms in total. The Morgan fingerprint density at radius 2 is 2.00 bits per heavy atom. The van der Waals surface area contributed by atoms with Crippen molar-refractivity contribution < 1.29 is 9.90 Å². The van der Waals surface area contributed by atoms with Gasteiger partial charge in [-0.2, -0.15) is 5.10 Å². The van der Waals surface area contributed by atoms with E-state index in [0.29, 0.717) is 6.54 Å². The molecule has 0 aliphatic carbocycles. The Kier molecular flexibility index (Phi) is 4.98. The molecule has 21 heavy (non-hydrogen) atoms. The Labute approximate surface area is 124 Å². The Hall–Kier alpha value is -2.30. The van der Waals surface area contributed by atoms with Crippen molar-refractivity contribution >= 4 is 11.7 Å². The van der Waals surface area contributed by atoms with Crippen LogP contribution in [0.5, 0.6) is 0 Å². The molecule has 112 valence electrons. The number of benzene rings is 1. The molecule has 0 saturated heterocycles. The zero-order chi connectivity index (χ0) is 15.2. The lowest BCUT2D eigenvalue weighted by Crippen LogP contribution is -2.30. The number of hydrogen-bond donors (Lipinski definition) is 1.